The molecule has 1 aromatic carbocycles. The minimum absolute atomic E-state index is 0.357. The Morgan fingerprint density at radius 2 is 1.71 bits per heavy atom. The fraction of sp³-hybridized carbons (Fsp3) is 0.684. The Labute approximate surface area is 130 Å². The van der Waals surface area contributed by atoms with Crippen molar-refractivity contribution >= 4 is 0 Å². The number of benzene rings is 1. The van der Waals surface area contributed by atoms with Crippen molar-refractivity contribution in [1.82, 2.24) is 4.90 Å². The zero-order valence-corrected chi connectivity index (χ0v) is 14.1. The molecule has 0 radical (unpaired) electrons. The van der Waals surface area contributed by atoms with Crippen molar-refractivity contribution < 1.29 is 5.11 Å². The van der Waals surface area contributed by atoms with Gasteiger partial charge in [0.1, 0.15) is 5.75 Å². The maximum absolute atomic E-state index is 9.32. The van der Waals surface area contributed by atoms with Crippen LogP contribution < -0.4 is 0 Å². The van der Waals surface area contributed by atoms with Gasteiger partial charge in [-0.2, -0.15) is 0 Å². The predicted octanol–water partition coefficient (Wildman–Crippen LogP) is 4.47. The van der Waals surface area contributed by atoms with Crippen molar-refractivity contribution in [2.75, 3.05) is 13.1 Å². The number of rotatable bonds is 4. The molecule has 2 heteroatoms. The molecule has 0 saturated carbocycles. The minimum atomic E-state index is 0.357. The molecule has 0 amide bonds. The van der Waals surface area contributed by atoms with Gasteiger partial charge in [-0.05, 0) is 74.7 Å². The maximum atomic E-state index is 9.32. The summed E-state index contributed by atoms with van der Waals surface area (Å²) in [7, 11) is 0. The lowest BCUT2D eigenvalue weighted by molar-refractivity contribution is 0.0851. The highest BCUT2D eigenvalue weighted by atomic mass is 16.3. The predicted molar refractivity (Wildman–Crippen MR) is 89.6 cm³/mol. The molecule has 1 aromatic rings. The molecule has 2 nitrogen and oxygen atoms in total. The van der Waals surface area contributed by atoms with E-state index in [1.54, 1.807) is 12.1 Å². The first kappa shape index (κ1) is 16.4. The standard InChI is InChI=1S/C19H31NO/c1-15(5-6-16-7-9-18(21)10-8-16)20-13-11-17(12-14-20)19(2,3)4/h7-10,15,17,21H,5-6,11-14H2,1-4H3. The topological polar surface area (TPSA) is 23.5 Å². The van der Waals surface area contributed by atoms with E-state index in [2.05, 4.69) is 32.6 Å². The summed E-state index contributed by atoms with van der Waals surface area (Å²) in [4.78, 5) is 2.66. The van der Waals surface area contributed by atoms with Crippen LogP contribution in [-0.2, 0) is 6.42 Å². The molecule has 1 N–H and O–H groups in total. The molecule has 2 rings (SSSR count). The van der Waals surface area contributed by atoms with E-state index < -0.39 is 0 Å². The Kier molecular flexibility index (Phi) is 5.32. The monoisotopic (exact) mass is 289 g/mol. The highest BCUT2D eigenvalue weighted by Gasteiger charge is 2.29. The van der Waals surface area contributed by atoms with Gasteiger partial charge < -0.3 is 10.0 Å². The number of piperidine rings is 1. The molecular formula is C19H31NO. The lowest BCUT2D eigenvalue weighted by Crippen LogP contribution is -2.42. The van der Waals surface area contributed by atoms with Crippen LogP contribution in [0.15, 0.2) is 24.3 Å². The minimum Gasteiger partial charge on any atom is -0.508 e. The Morgan fingerprint density at radius 1 is 1.14 bits per heavy atom. The van der Waals surface area contributed by atoms with Crippen molar-refractivity contribution in [2.45, 2.75) is 59.4 Å². The Bertz CT molecular complexity index is 424. The number of nitrogens with zero attached hydrogens (tertiary/aromatic N) is 1. The second-order valence-corrected chi connectivity index (χ2v) is 7.73. The van der Waals surface area contributed by atoms with Crippen molar-refractivity contribution in [3.8, 4) is 5.75 Å². The van der Waals surface area contributed by atoms with Crippen LogP contribution >= 0.6 is 0 Å². The van der Waals surface area contributed by atoms with Crippen LogP contribution in [0, 0.1) is 11.3 Å². The second kappa shape index (κ2) is 6.83. The largest absolute Gasteiger partial charge is 0.508 e. The third-order valence-electron chi connectivity index (χ3n) is 5.16. The fourth-order valence-corrected chi connectivity index (χ4v) is 3.43. The molecule has 0 spiro atoms. The summed E-state index contributed by atoms with van der Waals surface area (Å²) in [5.41, 5.74) is 1.78. The van der Waals surface area contributed by atoms with Crippen LogP contribution in [0.4, 0.5) is 0 Å². The van der Waals surface area contributed by atoms with Crippen LogP contribution in [0.3, 0.4) is 0 Å². The van der Waals surface area contributed by atoms with Crippen molar-refractivity contribution in [2.24, 2.45) is 11.3 Å². The summed E-state index contributed by atoms with van der Waals surface area (Å²) in [6, 6.07) is 8.30. The molecule has 1 aliphatic heterocycles. The van der Waals surface area contributed by atoms with Crippen LogP contribution in [0.25, 0.3) is 0 Å². The van der Waals surface area contributed by atoms with Gasteiger partial charge >= 0.3 is 0 Å². The average molecular weight is 289 g/mol. The quantitative estimate of drug-likeness (QED) is 0.884. The van der Waals surface area contributed by atoms with Gasteiger partial charge in [0, 0.05) is 6.04 Å². The van der Waals surface area contributed by atoms with Gasteiger partial charge in [0.15, 0.2) is 0 Å². The molecule has 1 aliphatic rings. The van der Waals surface area contributed by atoms with Crippen molar-refractivity contribution in [1.29, 1.82) is 0 Å². The van der Waals surface area contributed by atoms with Gasteiger partial charge in [-0.15, -0.1) is 0 Å². The summed E-state index contributed by atoms with van der Waals surface area (Å²) in [6.07, 6.45) is 4.98. The highest BCUT2D eigenvalue weighted by Crippen LogP contribution is 2.34. The maximum Gasteiger partial charge on any atom is 0.115 e. The van der Waals surface area contributed by atoms with Gasteiger partial charge in [-0.3, -0.25) is 0 Å². The number of phenols is 1. The van der Waals surface area contributed by atoms with E-state index in [0.29, 0.717) is 17.2 Å². The number of phenolic OH excluding ortho intramolecular Hbond substituents is 1. The molecule has 1 unspecified atom stereocenters. The van der Waals surface area contributed by atoms with E-state index in [0.717, 1.165) is 12.3 Å². The molecule has 21 heavy (non-hydrogen) atoms. The molecule has 1 atom stereocenters. The number of likely N-dealkylation sites (tertiary alicyclic amines) is 1. The Balaban J connectivity index is 1.77. The lowest BCUT2D eigenvalue weighted by Gasteiger charge is -2.41. The highest BCUT2D eigenvalue weighted by molar-refractivity contribution is 5.25. The third kappa shape index (κ3) is 4.74. The summed E-state index contributed by atoms with van der Waals surface area (Å²) in [5.74, 6) is 1.23. The number of hydrogen-bond donors (Lipinski definition) is 1. The molecule has 0 bridgehead atoms. The summed E-state index contributed by atoms with van der Waals surface area (Å²) >= 11 is 0. The first-order chi connectivity index (χ1) is 9.86. The van der Waals surface area contributed by atoms with E-state index in [-0.39, 0.29) is 0 Å². The van der Waals surface area contributed by atoms with E-state index in [1.807, 2.05) is 12.1 Å². The molecular weight excluding hydrogens is 258 g/mol. The number of hydrogen-bond acceptors (Lipinski definition) is 2. The third-order valence-corrected chi connectivity index (χ3v) is 5.16. The van der Waals surface area contributed by atoms with Crippen LogP contribution in [0.1, 0.15) is 52.5 Å². The molecule has 1 saturated heterocycles. The normalized spacial score (nSPS) is 19.6. The lowest BCUT2D eigenvalue weighted by atomic mass is 9.75. The summed E-state index contributed by atoms with van der Waals surface area (Å²) in [6.45, 7) is 12.0. The molecule has 0 aromatic heterocycles. The zero-order valence-electron chi connectivity index (χ0n) is 14.1. The van der Waals surface area contributed by atoms with Crippen LogP contribution in [0.2, 0.25) is 0 Å². The Hall–Kier alpha value is -1.02. The molecule has 0 aliphatic carbocycles. The second-order valence-electron chi connectivity index (χ2n) is 7.73. The molecule has 1 fully saturated rings. The van der Waals surface area contributed by atoms with E-state index in [4.69, 9.17) is 0 Å². The summed E-state index contributed by atoms with van der Waals surface area (Å²) in [5, 5.41) is 9.32. The molecule has 118 valence electrons. The SMILES string of the molecule is CC(CCc1ccc(O)cc1)N1CCC(C(C)(C)C)CC1. The zero-order chi connectivity index (χ0) is 15.5. The van der Waals surface area contributed by atoms with Gasteiger partial charge in [0.05, 0.1) is 0 Å². The smallest absolute Gasteiger partial charge is 0.115 e. The van der Waals surface area contributed by atoms with Crippen LogP contribution in [-0.4, -0.2) is 29.1 Å². The molecule has 1 heterocycles. The number of aromatic hydroxyl groups is 1. The number of aryl methyl sites for hydroxylation is 1. The average Bonchev–Trinajstić information content (AvgIpc) is 2.45. The van der Waals surface area contributed by atoms with Gasteiger partial charge in [-0.1, -0.05) is 32.9 Å². The first-order valence-corrected chi connectivity index (χ1v) is 8.38. The van der Waals surface area contributed by atoms with E-state index in [1.165, 1.54) is 37.9 Å². The van der Waals surface area contributed by atoms with E-state index >= 15 is 0 Å². The first-order valence-electron chi connectivity index (χ1n) is 8.38. The fourth-order valence-electron chi connectivity index (χ4n) is 3.43. The van der Waals surface area contributed by atoms with Gasteiger partial charge in [0.2, 0.25) is 0 Å². The Morgan fingerprint density at radius 3 is 2.24 bits per heavy atom. The van der Waals surface area contributed by atoms with Crippen molar-refractivity contribution in [3.05, 3.63) is 29.8 Å². The van der Waals surface area contributed by atoms with Gasteiger partial charge in [-0.25, -0.2) is 0 Å². The van der Waals surface area contributed by atoms with Crippen LogP contribution in [0.5, 0.6) is 5.75 Å². The van der Waals surface area contributed by atoms with Crippen molar-refractivity contribution in [3.63, 3.8) is 0 Å². The summed E-state index contributed by atoms with van der Waals surface area (Å²) < 4.78 is 0. The van der Waals surface area contributed by atoms with E-state index in [9.17, 15) is 5.11 Å². The van der Waals surface area contributed by atoms with Gasteiger partial charge in [0.25, 0.3) is 0 Å².